The number of thiazole rings is 1. The Hall–Kier alpha value is -3.28. The maximum absolute atomic E-state index is 13.1. The van der Waals surface area contributed by atoms with Crippen LogP contribution in [-0.2, 0) is 22.4 Å². The van der Waals surface area contributed by atoms with E-state index >= 15 is 0 Å². The van der Waals surface area contributed by atoms with Gasteiger partial charge in [0, 0.05) is 41.0 Å². The van der Waals surface area contributed by atoms with Gasteiger partial charge in [0.1, 0.15) is 0 Å². The van der Waals surface area contributed by atoms with Gasteiger partial charge < -0.3 is 21.1 Å². The highest BCUT2D eigenvalue weighted by molar-refractivity contribution is 9.10. The molecule has 2 aromatic heterocycles. The van der Waals surface area contributed by atoms with Gasteiger partial charge in [0.05, 0.1) is 45.3 Å². The summed E-state index contributed by atoms with van der Waals surface area (Å²) >= 11 is 5.42. The Morgan fingerprint density at radius 1 is 1.32 bits per heavy atom. The van der Waals surface area contributed by atoms with E-state index in [2.05, 4.69) is 21.7 Å². The number of amides is 2. The summed E-state index contributed by atoms with van der Waals surface area (Å²) in [4.78, 5) is 29.4. The van der Waals surface area contributed by atoms with Gasteiger partial charge in [-0.2, -0.15) is 5.10 Å². The third-order valence-electron chi connectivity index (χ3n) is 6.61. The van der Waals surface area contributed by atoms with Crippen molar-refractivity contribution in [2.45, 2.75) is 39.2 Å². The van der Waals surface area contributed by atoms with Gasteiger partial charge in [-0.1, -0.05) is 12.2 Å². The van der Waals surface area contributed by atoms with Crippen molar-refractivity contribution in [3.63, 3.8) is 0 Å². The largest absolute Gasteiger partial charge is 0.404 e. The van der Waals surface area contributed by atoms with Crippen molar-refractivity contribution in [3.8, 4) is 16.3 Å². The first-order valence-electron chi connectivity index (χ1n) is 12.3. The molecule has 1 fully saturated rings. The van der Waals surface area contributed by atoms with Crippen LogP contribution in [0.15, 0.2) is 41.0 Å². The molecule has 1 atom stereocenters. The lowest BCUT2D eigenvalue weighted by Gasteiger charge is -2.23. The lowest BCUT2D eigenvalue weighted by Crippen LogP contribution is -2.37. The van der Waals surface area contributed by atoms with E-state index in [1.54, 1.807) is 22.4 Å². The molecule has 38 heavy (non-hydrogen) atoms. The molecule has 0 spiro atoms. The summed E-state index contributed by atoms with van der Waals surface area (Å²) in [5.74, 6) is -0.0160. The normalized spacial score (nSPS) is 16.5. The van der Waals surface area contributed by atoms with Crippen LogP contribution in [0.1, 0.15) is 45.7 Å². The maximum Gasteiger partial charge on any atom is 0.253 e. The summed E-state index contributed by atoms with van der Waals surface area (Å²) < 4.78 is 8.23. The molecule has 11 heteroatoms. The molecule has 1 aromatic carbocycles. The number of nitrogens with two attached hydrogens (primary N) is 2. The lowest BCUT2D eigenvalue weighted by atomic mass is 9.95. The fourth-order valence-electron chi connectivity index (χ4n) is 4.80. The maximum atomic E-state index is 13.1. The monoisotopic (exact) mass is 598 g/mol. The molecule has 0 bridgehead atoms. The predicted molar refractivity (Wildman–Crippen MR) is 153 cm³/mol. The Balaban J connectivity index is 0.00000107. The van der Waals surface area contributed by atoms with Crippen molar-refractivity contribution in [2.24, 2.45) is 11.5 Å². The van der Waals surface area contributed by atoms with Crippen molar-refractivity contribution < 1.29 is 14.3 Å². The number of aromatic nitrogens is 3. The minimum Gasteiger partial charge on any atom is -0.404 e. The highest BCUT2D eigenvalue weighted by atomic mass is 79.9. The number of carbonyl (C=O) groups is 2. The molecule has 0 radical (unpaired) electrons. The predicted octanol–water partition coefficient (Wildman–Crippen LogP) is 4.00. The number of carbonyl (C=O) groups excluding carboxylic acids is 2. The van der Waals surface area contributed by atoms with Crippen LogP contribution in [0.25, 0.3) is 21.8 Å². The number of rotatable bonds is 5. The summed E-state index contributed by atoms with van der Waals surface area (Å²) in [6, 6.07) is 5.82. The Morgan fingerprint density at radius 3 is 2.71 bits per heavy atom. The number of primary amides is 1. The number of nitrogens with zero attached hydrogens (tertiary/aromatic N) is 4. The number of halogens is 1. The van der Waals surface area contributed by atoms with Crippen molar-refractivity contribution in [3.05, 3.63) is 68.5 Å². The lowest BCUT2D eigenvalue weighted by molar-refractivity contribution is -0.106. The first-order valence-corrected chi connectivity index (χ1v) is 13.9. The van der Waals surface area contributed by atoms with E-state index in [1.165, 1.54) is 5.56 Å². The van der Waals surface area contributed by atoms with Crippen LogP contribution in [0.5, 0.6) is 0 Å². The molecular weight excluding hydrogens is 568 g/mol. The number of allylic oxidation sites excluding steroid dienone is 3. The number of benzene rings is 1. The second-order valence-electron chi connectivity index (χ2n) is 8.95. The van der Waals surface area contributed by atoms with Gasteiger partial charge in [0.15, 0.2) is 0 Å². The van der Waals surface area contributed by atoms with Crippen LogP contribution in [0.4, 0.5) is 0 Å². The summed E-state index contributed by atoms with van der Waals surface area (Å²) in [5.41, 5.74) is 16.8. The van der Waals surface area contributed by atoms with Crippen LogP contribution in [0.3, 0.4) is 0 Å². The molecule has 2 amide bonds. The van der Waals surface area contributed by atoms with Gasteiger partial charge in [-0.25, -0.2) is 9.67 Å². The zero-order valence-electron chi connectivity index (χ0n) is 21.6. The summed E-state index contributed by atoms with van der Waals surface area (Å²) in [6.07, 6.45) is 8.41. The topological polar surface area (TPSA) is 129 Å². The molecule has 2 aliphatic rings. The Labute approximate surface area is 234 Å². The minimum atomic E-state index is -0.0160. The fourth-order valence-corrected chi connectivity index (χ4v) is 6.37. The van der Waals surface area contributed by atoms with E-state index in [-0.39, 0.29) is 18.4 Å². The quantitative estimate of drug-likeness (QED) is 0.337. The number of ether oxygens (including phenoxy) is 1. The molecule has 9 nitrogen and oxygen atoms in total. The second-order valence-corrected chi connectivity index (χ2v) is 11.0. The van der Waals surface area contributed by atoms with E-state index in [1.807, 2.05) is 55.9 Å². The highest BCUT2D eigenvalue weighted by Crippen LogP contribution is 2.42. The Kier molecular flexibility index (Phi) is 8.80. The molecular formula is C27H31BrN6O3S. The number of likely N-dealkylation sites (N-methyl/N-ethyl adjacent to an activating group) is 1. The van der Waals surface area contributed by atoms with Crippen molar-refractivity contribution in [2.75, 3.05) is 20.3 Å². The summed E-state index contributed by atoms with van der Waals surface area (Å²) in [7, 11) is 1.84. The summed E-state index contributed by atoms with van der Waals surface area (Å²) in [6.45, 7) is 5.29. The number of fused-ring (bicyclic) bond motifs is 3. The number of hydrogen-bond acceptors (Lipinski definition) is 7. The molecule has 4 N–H and O–H groups in total. The fraction of sp³-hybridized carbons (Fsp3) is 0.333. The first kappa shape index (κ1) is 27.7. The SMILES string of the molecule is C/C=C\C(=C/N)c1nn(-c2ccc(C(=O)N(C)C3CCOC3)cc2Br)c2c1CCc1nc(C)sc1-2.NC=O. The third kappa shape index (κ3) is 5.31. The molecule has 1 unspecified atom stereocenters. The zero-order valence-corrected chi connectivity index (χ0v) is 24.0. The van der Waals surface area contributed by atoms with Gasteiger partial charge in [-0.05, 0) is 67.2 Å². The van der Waals surface area contributed by atoms with Crippen molar-refractivity contribution in [1.29, 1.82) is 0 Å². The second kappa shape index (κ2) is 12.1. The first-order chi connectivity index (χ1) is 18.3. The highest BCUT2D eigenvalue weighted by Gasteiger charge is 2.30. The average Bonchev–Trinajstić information content (AvgIpc) is 3.65. The van der Waals surface area contributed by atoms with E-state index in [4.69, 9.17) is 25.3 Å². The summed E-state index contributed by atoms with van der Waals surface area (Å²) in [5, 5.41) is 6.09. The van der Waals surface area contributed by atoms with Gasteiger partial charge in [0.2, 0.25) is 6.41 Å². The molecule has 0 saturated carbocycles. The molecule has 3 heterocycles. The third-order valence-corrected chi connectivity index (χ3v) is 8.27. The van der Waals surface area contributed by atoms with E-state index < -0.39 is 0 Å². The van der Waals surface area contributed by atoms with Crippen LogP contribution in [0, 0.1) is 6.92 Å². The average molecular weight is 600 g/mol. The van der Waals surface area contributed by atoms with E-state index in [9.17, 15) is 4.79 Å². The number of hydrogen-bond donors (Lipinski definition) is 2. The zero-order chi connectivity index (χ0) is 27.4. The van der Waals surface area contributed by atoms with Gasteiger partial charge in [-0.3, -0.25) is 9.59 Å². The number of aryl methyl sites for hydroxylation is 2. The van der Waals surface area contributed by atoms with Crippen LogP contribution in [0.2, 0.25) is 0 Å². The molecule has 200 valence electrons. The standard InChI is InChI=1S/C26H28BrN5O2S.CH3NO/c1-4-5-17(13-28)23-19-7-8-21-25(35-15(2)29-21)24(19)32(30-23)22-9-6-16(12-20(22)27)26(33)31(3)18-10-11-34-14-18;2-1-3/h4-6,9,12-13,18H,7-8,10-11,14,28H2,1-3H3;1H,(H2,2,3)/b5-4-,17-13+;. The molecule has 1 aliphatic heterocycles. The molecule has 5 rings (SSSR count). The Morgan fingerprint density at radius 2 is 2.08 bits per heavy atom. The molecule has 3 aromatic rings. The van der Waals surface area contributed by atoms with Gasteiger partial charge in [0.25, 0.3) is 5.91 Å². The van der Waals surface area contributed by atoms with Gasteiger partial charge >= 0.3 is 0 Å². The van der Waals surface area contributed by atoms with Crippen LogP contribution >= 0.6 is 27.3 Å². The minimum absolute atomic E-state index is 0.0160. The van der Waals surface area contributed by atoms with Crippen LogP contribution in [-0.4, -0.2) is 58.3 Å². The Bertz CT molecular complexity index is 1400. The van der Waals surface area contributed by atoms with E-state index in [0.717, 1.165) is 62.0 Å². The molecule has 1 saturated heterocycles. The van der Waals surface area contributed by atoms with Crippen molar-refractivity contribution in [1.82, 2.24) is 19.7 Å². The van der Waals surface area contributed by atoms with Crippen molar-refractivity contribution >= 4 is 45.2 Å². The van der Waals surface area contributed by atoms with Crippen LogP contribution < -0.4 is 11.5 Å². The smallest absolute Gasteiger partial charge is 0.253 e. The molecule has 1 aliphatic carbocycles. The van der Waals surface area contributed by atoms with E-state index in [0.29, 0.717) is 18.8 Å². The van der Waals surface area contributed by atoms with Gasteiger partial charge in [-0.15, -0.1) is 11.3 Å².